The molecule has 0 fully saturated rings. The maximum atomic E-state index is 12.3. The highest BCUT2D eigenvalue weighted by Gasteiger charge is 2.25. The fraction of sp³-hybridized carbons (Fsp3) is 0.667. The first-order valence-electron chi connectivity index (χ1n) is 7.36. The number of carbonyl (C=O) groups is 3. The average Bonchev–Trinajstić information content (AvgIpc) is 2.43. The first-order valence-corrected chi connectivity index (χ1v) is 7.36. The zero-order valence-electron chi connectivity index (χ0n) is 12.7. The molecule has 0 heterocycles. The quantitative estimate of drug-likeness (QED) is 0.694. The van der Waals surface area contributed by atoms with Gasteiger partial charge in [-0.3, -0.25) is 9.59 Å². The van der Waals surface area contributed by atoms with Gasteiger partial charge in [-0.25, -0.2) is 4.79 Å². The summed E-state index contributed by atoms with van der Waals surface area (Å²) in [5.41, 5.74) is 1.09. The molecular weight excluding hydrogens is 272 g/mol. The van der Waals surface area contributed by atoms with Crippen molar-refractivity contribution in [3.05, 3.63) is 11.6 Å². The number of allylic oxidation sites excluding steroid dienone is 1. The summed E-state index contributed by atoms with van der Waals surface area (Å²) in [5, 5.41) is 11.7. The molecule has 6 heteroatoms. The van der Waals surface area contributed by atoms with Gasteiger partial charge in [-0.15, -0.1) is 0 Å². The minimum Gasteiger partial charge on any atom is -0.480 e. The second kappa shape index (κ2) is 8.44. The molecule has 0 spiro atoms. The van der Waals surface area contributed by atoms with Crippen molar-refractivity contribution in [2.24, 2.45) is 0 Å². The van der Waals surface area contributed by atoms with Crippen molar-refractivity contribution >= 4 is 17.8 Å². The molecule has 0 saturated heterocycles. The van der Waals surface area contributed by atoms with E-state index in [0.29, 0.717) is 0 Å². The Bertz CT molecular complexity index is 431. The lowest BCUT2D eigenvalue weighted by atomic mass is 9.96. The normalized spacial score (nSPS) is 15.8. The molecule has 0 aromatic carbocycles. The first kappa shape index (κ1) is 17.2. The fourth-order valence-corrected chi connectivity index (χ4v) is 2.38. The van der Waals surface area contributed by atoms with Crippen LogP contribution in [0.2, 0.25) is 0 Å². The Hall–Kier alpha value is -1.85. The van der Waals surface area contributed by atoms with Crippen LogP contribution in [0.15, 0.2) is 11.6 Å². The number of amides is 2. The molecule has 0 aromatic rings. The van der Waals surface area contributed by atoms with Gasteiger partial charge < -0.3 is 15.3 Å². The molecule has 0 aliphatic heterocycles. The number of nitrogens with zero attached hydrogens (tertiary/aromatic N) is 1. The molecule has 1 unspecified atom stereocenters. The van der Waals surface area contributed by atoms with Crippen LogP contribution >= 0.6 is 0 Å². The molecule has 0 radical (unpaired) electrons. The molecule has 0 aromatic heterocycles. The Balaban J connectivity index is 2.64. The SMILES string of the molecule is CC(=O)NCCN(C(=O)CC1=CCCCC1)C(C)C(=O)O. The number of hydrogen-bond donors (Lipinski definition) is 2. The van der Waals surface area contributed by atoms with Gasteiger partial charge in [0.1, 0.15) is 6.04 Å². The van der Waals surface area contributed by atoms with Crippen molar-refractivity contribution in [3.8, 4) is 0 Å². The zero-order chi connectivity index (χ0) is 15.8. The third kappa shape index (κ3) is 5.97. The maximum Gasteiger partial charge on any atom is 0.326 e. The summed E-state index contributed by atoms with van der Waals surface area (Å²) < 4.78 is 0. The number of nitrogens with one attached hydrogen (secondary N) is 1. The van der Waals surface area contributed by atoms with Crippen LogP contribution in [0.5, 0.6) is 0 Å². The lowest BCUT2D eigenvalue weighted by molar-refractivity contribution is -0.149. The van der Waals surface area contributed by atoms with Crippen LogP contribution in [0, 0.1) is 0 Å². The van der Waals surface area contributed by atoms with Crippen LogP contribution in [0.3, 0.4) is 0 Å². The Morgan fingerprint density at radius 3 is 2.62 bits per heavy atom. The molecule has 2 N–H and O–H groups in total. The van der Waals surface area contributed by atoms with Crippen LogP contribution in [0.4, 0.5) is 0 Å². The van der Waals surface area contributed by atoms with Gasteiger partial charge >= 0.3 is 5.97 Å². The Kier molecular flexibility index (Phi) is 6.91. The van der Waals surface area contributed by atoms with Crippen molar-refractivity contribution in [1.29, 1.82) is 0 Å². The van der Waals surface area contributed by atoms with Crippen LogP contribution in [-0.4, -0.2) is 46.9 Å². The van der Waals surface area contributed by atoms with E-state index in [4.69, 9.17) is 5.11 Å². The van der Waals surface area contributed by atoms with Crippen molar-refractivity contribution < 1.29 is 19.5 Å². The van der Waals surface area contributed by atoms with E-state index in [1.165, 1.54) is 18.7 Å². The van der Waals surface area contributed by atoms with Gasteiger partial charge in [0.25, 0.3) is 0 Å². The highest BCUT2D eigenvalue weighted by molar-refractivity contribution is 5.84. The molecule has 21 heavy (non-hydrogen) atoms. The number of rotatable bonds is 7. The highest BCUT2D eigenvalue weighted by atomic mass is 16.4. The number of carboxylic acids is 1. The molecular formula is C15H24N2O4. The number of hydrogen-bond acceptors (Lipinski definition) is 3. The van der Waals surface area contributed by atoms with Gasteiger partial charge in [0.05, 0.1) is 0 Å². The minimum atomic E-state index is -1.04. The summed E-state index contributed by atoms with van der Waals surface area (Å²) in [6, 6.07) is -0.893. The number of aliphatic carboxylic acids is 1. The monoisotopic (exact) mass is 296 g/mol. The fourth-order valence-electron chi connectivity index (χ4n) is 2.38. The van der Waals surface area contributed by atoms with Crippen LogP contribution in [-0.2, 0) is 14.4 Å². The Morgan fingerprint density at radius 1 is 1.38 bits per heavy atom. The molecule has 118 valence electrons. The Labute approximate surface area is 125 Å². The number of carbonyl (C=O) groups excluding carboxylic acids is 2. The van der Waals surface area contributed by atoms with E-state index < -0.39 is 12.0 Å². The molecule has 1 rings (SSSR count). The van der Waals surface area contributed by atoms with Crippen molar-refractivity contribution in [1.82, 2.24) is 10.2 Å². The van der Waals surface area contributed by atoms with Crippen LogP contribution < -0.4 is 5.32 Å². The van der Waals surface area contributed by atoms with E-state index in [1.807, 2.05) is 0 Å². The first-order chi connectivity index (χ1) is 9.91. The standard InChI is InChI=1S/C15H24N2O4/c1-11(15(20)21)17(9-8-16-12(2)18)14(19)10-13-6-4-3-5-7-13/h6,11H,3-5,7-10H2,1-2H3,(H,16,18)(H,20,21). The van der Waals surface area contributed by atoms with Gasteiger partial charge in [-0.2, -0.15) is 0 Å². The summed E-state index contributed by atoms with van der Waals surface area (Å²) in [7, 11) is 0. The van der Waals surface area contributed by atoms with Crippen molar-refractivity contribution in [2.75, 3.05) is 13.1 Å². The third-order valence-corrected chi connectivity index (χ3v) is 3.64. The smallest absolute Gasteiger partial charge is 0.326 e. The summed E-state index contributed by atoms with van der Waals surface area (Å²) in [6.07, 6.45) is 6.49. The van der Waals surface area contributed by atoms with E-state index in [9.17, 15) is 14.4 Å². The van der Waals surface area contributed by atoms with E-state index in [-0.39, 0.29) is 31.3 Å². The summed E-state index contributed by atoms with van der Waals surface area (Å²) in [6.45, 7) is 3.35. The van der Waals surface area contributed by atoms with Gasteiger partial charge in [0, 0.05) is 26.4 Å². The summed E-state index contributed by atoms with van der Waals surface area (Å²) >= 11 is 0. The second-order valence-electron chi connectivity index (χ2n) is 5.37. The minimum absolute atomic E-state index is 0.191. The average molecular weight is 296 g/mol. The summed E-state index contributed by atoms with van der Waals surface area (Å²) in [4.78, 5) is 35.7. The largest absolute Gasteiger partial charge is 0.480 e. The highest BCUT2D eigenvalue weighted by Crippen LogP contribution is 2.21. The zero-order valence-corrected chi connectivity index (χ0v) is 12.7. The second-order valence-corrected chi connectivity index (χ2v) is 5.37. The van der Waals surface area contributed by atoms with Gasteiger partial charge in [-0.1, -0.05) is 11.6 Å². The molecule has 0 bridgehead atoms. The summed E-state index contributed by atoms with van der Waals surface area (Å²) in [5.74, 6) is -1.42. The molecule has 1 atom stereocenters. The van der Waals surface area contributed by atoms with Gasteiger partial charge in [0.15, 0.2) is 0 Å². The predicted octanol–water partition coefficient (Wildman–Crippen LogP) is 1.31. The molecule has 1 aliphatic carbocycles. The van der Waals surface area contributed by atoms with Crippen molar-refractivity contribution in [3.63, 3.8) is 0 Å². The molecule has 6 nitrogen and oxygen atoms in total. The van der Waals surface area contributed by atoms with Gasteiger partial charge in [-0.05, 0) is 32.6 Å². The van der Waals surface area contributed by atoms with Crippen LogP contribution in [0.25, 0.3) is 0 Å². The third-order valence-electron chi connectivity index (χ3n) is 3.64. The van der Waals surface area contributed by atoms with E-state index in [1.54, 1.807) is 0 Å². The Morgan fingerprint density at radius 2 is 2.10 bits per heavy atom. The van der Waals surface area contributed by atoms with Gasteiger partial charge in [0.2, 0.25) is 11.8 Å². The lowest BCUT2D eigenvalue weighted by Crippen LogP contribution is -2.46. The van der Waals surface area contributed by atoms with Crippen molar-refractivity contribution in [2.45, 2.75) is 52.0 Å². The topological polar surface area (TPSA) is 86.7 Å². The van der Waals surface area contributed by atoms with Crippen LogP contribution in [0.1, 0.15) is 46.0 Å². The van der Waals surface area contributed by atoms with E-state index >= 15 is 0 Å². The molecule has 1 aliphatic rings. The predicted molar refractivity (Wildman–Crippen MR) is 78.7 cm³/mol. The lowest BCUT2D eigenvalue weighted by Gasteiger charge is -2.27. The molecule has 0 saturated carbocycles. The van der Waals surface area contributed by atoms with E-state index in [0.717, 1.165) is 31.3 Å². The maximum absolute atomic E-state index is 12.3. The molecule has 2 amide bonds. The van der Waals surface area contributed by atoms with E-state index in [2.05, 4.69) is 11.4 Å². The number of carboxylic acid groups (broad SMARTS) is 1.